The maximum absolute atomic E-state index is 11.7. The van der Waals surface area contributed by atoms with Gasteiger partial charge in [-0.1, -0.05) is 6.07 Å². The molecule has 5 heteroatoms. The van der Waals surface area contributed by atoms with Gasteiger partial charge in [-0.05, 0) is 64.2 Å². The lowest BCUT2D eigenvalue weighted by Gasteiger charge is -2.32. The van der Waals surface area contributed by atoms with E-state index in [9.17, 15) is 4.79 Å². The molecule has 1 saturated heterocycles. The van der Waals surface area contributed by atoms with Crippen LogP contribution in [0.4, 0.5) is 0 Å². The van der Waals surface area contributed by atoms with Gasteiger partial charge in [0.1, 0.15) is 0 Å². The third-order valence-corrected chi connectivity index (χ3v) is 4.74. The number of hydrogen-bond donors (Lipinski definition) is 0. The normalized spacial score (nSPS) is 19.7. The average Bonchev–Trinajstić information content (AvgIpc) is 2.60. The molecular formula is C16H23BO4. The summed E-state index contributed by atoms with van der Waals surface area (Å²) in [5.74, 6) is -0.323. The maximum atomic E-state index is 11.7. The van der Waals surface area contributed by atoms with Crippen LogP contribution in [0.25, 0.3) is 0 Å². The summed E-state index contributed by atoms with van der Waals surface area (Å²) < 4.78 is 17.0. The first-order chi connectivity index (χ1) is 9.60. The second-order valence-electron chi connectivity index (χ2n) is 6.53. The fourth-order valence-electron chi connectivity index (χ4n) is 2.40. The van der Waals surface area contributed by atoms with Crippen molar-refractivity contribution in [2.75, 3.05) is 7.11 Å². The molecule has 0 aromatic heterocycles. The topological polar surface area (TPSA) is 44.8 Å². The zero-order valence-electron chi connectivity index (χ0n) is 13.9. The van der Waals surface area contributed by atoms with Gasteiger partial charge >= 0.3 is 13.1 Å². The number of rotatable bonds is 2. The molecule has 1 heterocycles. The number of carbonyl (C=O) groups is 1. The SMILES string of the molecule is COC(=O)c1ccc(B2OC(C)(C)C(C)(C)O2)c(C)c1C. The molecule has 0 spiro atoms. The highest BCUT2D eigenvalue weighted by Gasteiger charge is 2.52. The Morgan fingerprint density at radius 1 is 1.05 bits per heavy atom. The smallest absolute Gasteiger partial charge is 0.465 e. The van der Waals surface area contributed by atoms with Crippen LogP contribution in [0.3, 0.4) is 0 Å². The molecule has 1 aromatic rings. The van der Waals surface area contributed by atoms with Gasteiger partial charge in [0, 0.05) is 0 Å². The van der Waals surface area contributed by atoms with Crippen LogP contribution in [0.15, 0.2) is 12.1 Å². The molecule has 1 aliphatic rings. The van der Waals surface area contributed by atoms with E-state index >= 15 is 0 Å². The minimum Gasteiger partial charge on any atom is -0.465 e. The molecule has 0 radical (unpaired) electrons. The first kappa shape index (κ1) is 16.1. The highest BCUT2D eigenvalue weighted by atomic mass is 16.7. The Kier molecular flexibility index (Phi) is 3.93. The number of methoxy groups -OCH3 is 1. The van der Waals surface area contributed by atoms with Gasteiger partial charge in [-0.2, -0.15) is 0 Å². The molecule has 0 amide bonds. The predicted octanol–water partition coefficient (Wildman–Crippen LogP) is 2.39. The van der Waals surface area contributed by atoms with E-state index in [0.29, 0.717) is 5.56 Å². The lowest BCUT2D eigenvalue weighted by atomic mass is 9.74. The molecule has 114 valence electrons. The fraction of sp³-hybridized carbons (Fsp3) is 0.562. The second-order valence-corrected chi connectivity index (χ2v) is 6.53. The highest BCUT2D eigenvalue weighted by Crippen LogP contribution is 2.36. The van der Waals surface area contributed by atoms with Crippen molar-refractivity contribution >= 4 is 18.6 Å². The lowest BCUT2D eigenvalue weighted by Crippen LogP contribution is -2.41. The molecule has 1 aromatic carbocycles. The van der Waals surface area contributed by atoms with E-state index in [-0.39, 0.29) is 17.2 Å². The monoisotopic (exact) mass is 290 g/mol. The third kappa shape index (κ3) is 2.60. The van der Waals surface area contributed by atoms with Gasteiger partial charge in [0.2, 0.25) is 0 Å². The first-order valence-electron chi connectivity index (χ1n) is 7.15. The van der Waals surface area contributed by atoms with E-state index < -0.39 is 7.12 Å². The quantitative estimate of drug-likeness (QED) is 0.619. The zero-order valence-corrected chi connectivity index (χ0v) is 13.9. The first-order valence-corrected chi connectivity index (χ1v) is 7.15. The van der Waals surface area contributed by atoms with Crippen LogP contribution >= 0.6 is 0 Å². The zero-order chi connectivity index (χ0) is 16.0. The van der Waals surface area contributed by atoms with E-state index in [4.69, 9.17) is 14.0 Å². The van der Waals surface area contributed by atoms with Crippen molar-refractivity contribution in [1.29, 1.82) is 0 Å². The Labute approximate surface area is 126 Å². The van der Waals surface area contributed by atoms with Crippen LogP contribution in [-0.4, -0.2) is 31.4 Å². The Hall–Kier alpha value is -1.33. The van der Waals surface area contributed by atoms with Crippen molar-refractivity contribution in [3.8, 4) is 0 Å². The van der Waals surface area contributed by atoms with Crippen LogP contribution in [0.1, 0.15) is 49.2 Å². The van der Waals surface area contributed by atoms with Crippen molar-refractivity contribution in [3.05, 3.63) is 28.8 Å². The summed E-state index contributed by atoms with van der Waals surface area (Å²) in [4.78, 5) is 11.7. The summed E-state index contributed by atoms with van der Waals surface area (Å²) >= 11 is 0. The number of ether oxygens (including phenoxy) is 1. The molecule has 0 bridgehead atoms. The number of carbonyl (C=O) groups excluding carboxylic acids is 1. The minimum absolute atomic E-state index is 0.323. The molecule has 2 rings (SSSR count). The summed E-state index contributed by atoms with van der Waals surface area (Å²) in [6.07, 6.45) is 0. The minimum atomic E-state index is -0.416. The molecule has 1 fully saturated rings. The highest BCUT2D eigenvalue weighted by molar-refractivity contribution is 6.62. The van der Waals surface area contributed by atoms with Crippen molar-refractivity contribution in [1.82, 2.24) is 0 Å². The van der Waals surface area contributed by atoms with Crippen molar-refractivity contribution in [2.24, 2.45) is 0 Å². The van der Waals surface area contributed by atoms with Gasteiger partial charge in [0.25, 0.3) is 0 Å². The van der Waals surface area contributed by atoms with Gasteiger partial charge in [-0.3, -0.25) is 0 Å². The Balaban J connectivity index is 2.40. The number of esters is 1. The predicted molar refractivity (Wildman–Crippen MR) is 83.0 cm³/mol. The van der Waals surface area contributed by atoms with E-state index in [1.165, 1.54) is 7.11 Å². The second kappa shape index (κ2) is 5.14. The van der Waals surface area contributed by atoms with Crippen molar-refractivity contribution in [3.63, 3.8) is 0 Å². The summed E-state index contributed by atoms with van der Waals surface area (Å²) in [6, 6.07) is 3.66. The van der Waals surface area contributed by atoms with Gasteiger partial charge in [-0.15, -0.1) is 0 Å². The lowest BCUT2D eigenvalue weighted by molar-refractivity contribution is 0.00578. The largest absolute Gasteiger partial charge is 0.495 e. The number of benzene rings is 1. The molecule has 0 N–H and O–H groups in total. The average molecular weight is 290 g/mol. The van der Waals surface area contributed by atoms with Gasteiger partial charge in [-0.25, -0.2) is 4.79 Å². The van der Waals surface area contributed by atoms with Crippen LogP contribution in [0.2, 0.25) is 0 Å². The van der Waals surface area contributed by atoms with E-state index in [2.05, 4.69) is 0 Å². The summed E-state index contributed by atoms with van der Waals surface area (Å²) in [6.45, 7) is 12.0. The third-order valence-electron chi connectivity index (χ3n) is 4.74. The Morgan fingerprint density at radius 2 is 1.57 bits per heavy atom. The standard InChI is InChI=1S/C16H23BO4/c1-10-11(2)13(9-8-12(10)14(18)19-7)17-20-15(3,4)16(5,6)21-17/h8-9H,1-7H3. The number of hydrogen-bond acceptors (Lipinski definition) is 4. The molecule has 1 aliphatic heterocycles. The molecule has 0 unspecified atom stereocenters. The van der Waals surface area contributed by atoms with Gasteiger partial charge in [0.15, 0.2) is 0 Å². The molecule has 0 saturated carbocycles. The van der Waals surface area contributed by atoms with Crippen molar-refractivity contribution in [2.45, 2.75) is 52.7 Å². The van der Waals surface area contributed by atoms with Crippen LogP contribution in [-0.2, 0) is 14.0 Å². The van der Waals surface area contributed by atoms with Crippen LogP contribution in [0.5, 0.6) is 0 Å². The molecular weight excluding hydrogens is 267 g/mol. The Bertz CT molecular complexity index is 562. The van der Waals surface area contributed by atoms with Crippen molar-refractivity contribution < 1.29 is 18.8 Å². The summed E-state index contributed by atoms with van der Waals surface area (Å²) in [5, 5.41) is 0. The summed E-state index contributed by atoms with van der Waals surface area (Å²) in [7, 11) is 0.972. The van der Waals surface area contributed by atoms with E-state index in [1.54, 1.807) is 6.07 Å². The van der Waals surface area contributed by atoms with E-state index in [0.717, 1.165) is 16.6 Å². The fourth-order valence-corrected chi connectivity index (χ4v) is 2.40. The molecule has 0 atom stereocenters. The van der Waals surface area contributed by atoms with Crippen LogP contribution < -0.4 is 5.46 Å². The molecule has 4 nitrogen and oxygen atoms in total. The molecule has 21 heavy (non-hydrogen) atoms. The van der Waals surface area contributed by atoms with Crippen LogP contribution in [0, 0.1) is 13.8 Å². The van der Waals surface area contributed by atoms with Gasteiger partial charge < -0.3 is 14.0 Å². The van der Waals surface area contributed by atoms with E-state index in [1.807, 2.05) is 47.6 Å². The maximum Gasteiger partial charge on any atom is 0.495 e. The Morgan fingerprint density at radius 3 is 2.05 bits per heavy atom. The summed E-state index contributed by atoms with van der Waals surface area (Å²) in [5.41, 5.74) is 2.68. The van der Waals surface area contributed by atoms with Gasteiger partial charge in [0.05, 0.1) is 23.9 Å². The molecule has 0 aliphatic carbocycles.